The molecule has 1 atom stereocenters. The molecule has 22 heavy (non-hydrogen) atoms. The van der Waals surface area contributed by atoms with Crippen molar-refractivity contribution in [2.45, 2.75) is 50.8 Å². The predicted molar refractivity (Wildman–Crippen MR) is 91.2 cm³/mol. The van der Waals surface area contributed by atoms with Crippen LogP contribution in [-0.2, 0) is 15.8 Å². The first-order valence-electron chi connectivity index (χ1n) is 8.36. The summed E-state index contributed by atoms with van der Waals surface area (Å²) in [5.74, 6) is 0.0646. The number of rotatable bonds is 8. The van der Waals surface area contributed by atoms with Gasteiger partial charge in [-0.2, -0.15) is 0 Å². The van der Waals surface area contributed by atoms with Crippen LogP contribution in [0.3, 0.4) is 0 Å². The third-order valence-corrected chi connectivity index (χ3v) is 5.72. The maximum absolute atomic E-state index is 12.0. The Balaban J connectivity index is 1.71. The summed E-state index contributed by atoms with van der Waals surface area (Å²) < 4.78 is 26.8. The number of hydrogen-bond acceptors (Lipinski definition) is 3. The van der Waals surface area contributed by atoms with Gasteiger partial charge in [-0.1, -0.05) is 43.7 Å². The Morgan fingerprint density at radius 2 is 2.00 bits per heavy atom. The molecule has 0 amide bonds. The summed E-state index contributed by atoms with van der Waals surface area (Å²) >= 11 is 0. The second-order valence-corrected chi connectivity index (χ2v) is 7.89. The molecule has 1 aromatic carbocycles. The zero-order valence-electron chi connectivity index (χ0n) is 13.5. The molecular formula is C17H28N2O2S. The van der Waals surface area contributed by atoms with Crippen LogP contribution in [0.4, 0.5) is 0 Å². The molecule has 0 saturated carbocycles. The van der Waals surface area contributed by atoms with E-state index < -0.39 is 10.0 Å². The van der Waals surface area contributed by atoms with E-state index in [0.29, 0.717) is 12.6 Å². The standard InChI is InChI=1S/C17H28N2O2S/c1-2-17-11-6-7-13-19(17)14-8-12-18-22(20,21)15-16-9-4-3-5-10-16/h3-5,9-10,17-18H,2,6-8,11-15H2,1H3/t17-/m0/s1. The monoisotopic (exact) mass is 324 g/mol. The van der Waals surface area contributed by atoms with Crippen LogP contribution in [0.25, 0.3) is 0 Å². The SMILES string of the molecule is CC[C@H]1CCCCN1CCCNS(=O)(=O)Cc1ccccc1. The van der Waals surface area contributed by atoms with Crippen LogP contribution in [0.15, 0.2) is 30.3 Å². The molecule has 0 spiro atoms. The van der Waals surface area contributed by atoms with E-state index in [1.807, 2.05) is 30.3 Å². The highest BCUT2D eigenvalue weighted by Crippen LogP contribution is 2.19. The van der Waals surface area contributed by atoms with Gasteiger partial charge in [0, 0.05) is 12.6 Å². The van der Waals surface area contributed by atoms with Gasteiger partial charge in [0.15, 0.2) is 0 Å². The fourth-order valence-electron chi connectivity index (χ4n) is 3.17. The van der Waals surface area contributed by atoms with Gasteiger partial charge in [0.1, 0.15) is 0 Å². The van der Waals surface area contributed by atoms with Gasteiger partial charge in [0.2, 0.25) is 10.0 Å². The molecule has 124 valence electrons. The van der Waals surface area contributed by atoms with E-state index in [1.54, 1.807) is 0 Å². The third-order valence-electron chi connectivity index (χ3n) is 4.36. The van der Waals surface area contributed by atoms with Crippen LogP contribution in [0.5, 0.6) is 0 Å². The number of benzene rings is 1. The molecule has 1 aromatic rings. The second kappa shape index (κ2) is 8.65. The normalized spacial score (nSPS) is 20.1. The van der Waals surface area contributed by atoms with Crippen LogP contribution in [0.1, 0.15) is 44.6 Å². The van der Waals surface area contributed by atoms with Crippen molar-refractivity contribution in [2.75, 3.05) is 19.6 Å². The zero-order valence-corrected chi connectivity index (χ0v) is 14.3. The number of nitrogens with one attached hydrogen (secondary N) is 1. The van der Waals surface area contributed by atoms with Crippen molar-refractivity contribution in [3.05, 3.63) is 35.9 Å². The van der Waals surface area contributed by atoms with E-state index in [0.717, 1.165) is 25.1 Å². The number of likely N-dealkylation sites (tertiary alicyclic amines) is 1. The predicted octanol–water partition coefficient (Wildman–Crippen LogP) is 2.76. The van der Waals surface area contributed by atoms with E-state index in [1.165, 1.54) is 25.7 Å². The Morgan fingerprint density at radius 3 is 2.73 bits per heavy atom. The third kappa shape index (κ3) is 5.71. The minimum absolute atomic E-state index is 0.0646. The zero-order chi connectivity index (χ0) is 15.8. The lowest BCUT2D eigenvalue weighted by Crippen LogP contribution is -2.40. The average Bonchev–Trinajstić information content (AvgIpc) is 2.52. The van der Waals surface area contributed by atoms with Gasteiger partial charge in [-0.3, -0.25) is 0 Å². The van der Waals surface area contributed by atoms with Gasteiger partial charge in [0.25, 0.3) is 0 Å². The maximum Gasteiger partial charge on any atom is 0.215 e. The van der Waals surface area contributed by atoms with Crippen molar-refractivity contribution in [1.82, 2.24) is 9.62 Å². The van der Waals surface area contributed by atoms with E-state index in [2.05, 4.69) is 16.5 Å². The second-order valence-electron chi connectivity index (χ2n) is 6.09. The van der Waals surface area contributed by atoms with E-state index in [4.69, 9.17) is 0 Å². The molecule has 1 aliphatic rings. The van der Waals surface area contributed by atoms with Crippen molar-refractivity contribution in [1.29, 1.82) is 0 Å². The topological polar surface area (TPSA) is 49.4 Å². The summed E-state index contributed by atoms with van der Waals surface area (Å²) in [5.41, 5.74) is 0.831. The quantitative estimate of drug-likeness (QED) is 0.748. The Kier molecular flexibility index (Phi) is 6.86. The van der Waals surface area contributed by atoms with Crippen molar-refractivity contribution < 1.29 is 8.42 Å². The highest BCUT2D eigenvalue weighted by Gasteiger charge is 2.20. The molecule has 4 nitrogen and oxygen atoms in total. The lowest BCUT2D eigenvalue weighted by Gasteiger charge is -2.35. The fraction of sp³-hybridized carbons (Fsp3) is 0.647. The van der Waals surface area contributed by atoms with Gasteiger partial charge in [0.05, 0.1) is 5.75 Å². The first-order chi connectivity index (χ1) is 10.6. The maximum atomic E-state index is 12.0. The fourth-order valence-corrected chi connectivity index (χ4v) is 4.36. The van der Waals surface area contributed by atoms with Gasteiger partial charge in [-0.05, 0) is 44.3 Å². The number of hydrogen-bond donors (Lipinski definition) is 1. The van der Waals surface area contributed by atoms with Gasteiger partial charge in [-0.15, -0.1) is 0 Å². The molecule has 2 rings (SSSR count). The molecule has 0 unspecified atom stereocenters. The van der Waals surface area contributed by atoms with Gasteiger partial charge in [-0.25, -0.2) is 13.1 Å². The summed E-state index contributed by atoms with van der Waals surface area (Å²) in [6, 6.07) is 10.0. The van der Waals surface area contributed by atoms with E-state index >= 15 is 0 Å². The minimum atomic E-state index is -3.23. The number of sulfonamides is 1. The first kappa shape index (κ1) is 17.4. The average molecular weight is 324 g/mol. The van der Waals surface area contributed by atoms with Crippen LogP contribution < -0.4 is 4.72 Å². The smallest absolute Gasteiger partial charge is 0.215 e. The molecule has 0 aromatic heterocycles. The minimum Gasteiger partial charge on any atom is -0.300 e. The van der Waals surface area contributed by atoms with Crippen LogP contribution >= 0.6 is 0 Å². The Hall–Kier alpha value is -0.910. The molecule has 1 aliphatic heterocycles. The summed E-state index contributed by atoms with van der Waals surface area (Å²) in [6.07, 6.45) is 5.97. The molecule has 1 heterocycles. The van der Waals surface area contributed by atoms with Crippen molar-refractivity contribution in [3.8, 4) is 0 Å². The summed E-state index contributed by atoms with van der Waals surface area (Å²) in [4.78, 5) is 2.52. The Bertz CT molecular complexity index is 531. The lowest BCUT2D eigenvalue weighted by atomic mass is 10.00. The molecule has 1 fully saturated rings. The number of nitrogens with zero attached hydrogens (tertiary/aromatic N) is 1. The van der Waals surface area contributed by atoms with E-state index in [-0.39, 0.29) is 5.75 Å². The Labute approximate surface area is 135 Å². The van der Waals surface area contributed by atoms with Crippen LogP contribution in [0.2, 0.25) is 0 Å². The molecule has 0 radical (unpaired) electrons. The van der Waals surface area contributed by atoms with Crippen LogP contribution in [0, 0.1) is 0 Å². The van der Waals surface area contributed by atoms with Gasteiger partial charge < -0.3 is 4.90 Å². The highest BCUT2D eigenvalue weighted by atomic mass is 32.2. The van der Waals surface area contributed by atoms with Crippen molar-refractivity contribution in [3.63, 3.8) is 0 Å². The molecule has 0 bridgehead atoms. The molecule has 1 N–H and O–H groups in total. The molecular weight excluding hydrogens is 296 g/mol. The summed E-state index contributed by atoms with van der Waals surface area (Å²) in [6.45, 7) is 4.93. The number of piperidine rings is 1. The van der Waals surface area contributed by atoms with Gasteiger partial charge >= 0.3 is 0 Å². The van der Waals surface area contributed by atoms with Crippen LogP contribution in [-0.4, -0.2) is 39.0 Å². The first-order valence-corrected chi connectivity index (χ1v) is 10.0. The van der Waals surface area contributed by atoms with E-state index in [9.17, 15) is 8.42 Å². The lowest BCUT2D eigenvalue weighted by molar-refractivity contribution is 0.143. The molecule has 1 saturated heterocycles. The highest BCUT2D eigenvalue weighted by molar-refractivity contribution is 7.88. The summed E-state index contributed by atoms with van der Waals surface area (Å²) in [7, 11) is -3.23. The molecule has 0 aliphatic carbocycles. The summed E-state index contributed by atoms with van der Waals surface area (Å²) in [5, 5.41) is 0. The van der Waals surface area contributed by atoms with Crippen molar-refractivity contribution >= 4 is 10.0 Å². The molecule has 5 heteroatoms. The Morgan fingerprint density at radius 1 is 1.23 bits per heavy atom. The van der Waals surface area contributed by atoms with Crippen molar-refractivity contribution in [2.24, 2.45) is 0 Å². The largest absolute Gasteiger partial charge is 0.300 e.